The van der Waals surface area contributed by atoms with Crippen LogP contribution in [0.4, 0.5) is 0 Å². The maximum absolute atomic E-state index is 4.49. The van der Waals surface area contributed by atoms with Crippen LogP contribution in [0.2, 0.25) is 0 Å². The van der Waals surface area contributed by atoms with E-state index >= 15 is 0 Å². The average molecular weight is 496 g/mol. The Kier molecular flexibility index (Phi) is 9.73. The van der Waals surface area contributed by atoms with Gasteiger partial charge in [-0.05, 0) is 37.3 Å². The quantitative estimate of drug-likeness (QED) is 0.341. The summed E-state index contributed by atoms with van der Waals surface area (Å²) >= 11 is 0. The summed E-state index contributed by atoms with van der Waals surface area (Å²) in [5.41, 5.74) is 1.12. The topological polar surface area (TPSA) is 67.1 Å². The van der Waals surface area contributed by atoms with Gasteiger partial charge in [-0.15, -0.1) is 24.0 Å². The van der Waals surface area contributed by atoms with Crippen molar-refractivity contribution in [3.63, 3.8) is 0 Å². The molecule has 2 N–H and O–H groups in total. The Labute approximate surface area is 185 Å². The minimum absolute atomic E-state index is 0. The molecule has 0 radical (unpaired) electrons. The lowest BCUT2D eigenvalue weighted by molar-refractivity contribution is 0.322. The molecule has 1 fully saturated rings. The number of nitrogens with one attached hydrogen (secondary N) is 2. The van der Waals surface area contributed by atoms with Gasteiger partial charge < -0.3 is 10.6 Å². The number of nitrogens with zero attached hydrogens (tertiary/aromatic N) is 4. The maximum atomic E-state index is 4.49. The fourth-order valence-corrected chi connectivity index (χ4v) is 3.72. The van der Waals surface area contributed by atoms with E-state index in [-0.39, 0.29) is 24.0 Å². The van der Waals surface area contributed by atoms with Crippen molar-refractivity contribution in [2.24, 2.45) is 10.9 Å². The van der Waals surface area contributed by atoms with Crippen LogP contribution in [0.1, 0.15) is 57.4 Å². The molecule has 0 aromatic carbocycles. The third-order valence-electron chi connectivity index (χ3n) is 5.38. The van der Waals surface area contributed by atoms with Crippen molar-refractivity contribution in [3.05, 3.63) is 42.6 Å². The van der Waals surface area contributed by atoms with Crippen molar-refractivity contribution in [2.45, 2.75) is 64.5 Å². The fraction of sp³-hybridized carbons (Fsp3) is 0.571. The van der Waals surface area contributed by atoms with Gasteiger partial charge in [0.2, 0.25) is 0 Å². The van der Waals surface area contributed by atoms with Gasteiger partial charge in [0.15, 0.2) is 5.96 Å². The zero-order chi connectivity index (χ0) is 18.9. The molecule has 2 aromatic heterocycles. The van der Waals surface area contributed by atoms with E-state index in [2.05, 4.69) is 38.6 Å². The molecule has 3 rings (SSSR count). The molecule has 154 valence electrons. The van der Waals surface area contributed by atoms with E-state index in [0.717, 1.165) is 23.3 Å². The molecule has 0 aliphatic heterocycles. The number of halogens is 1. The van der Waals surface area contributed by atoms with E-state index in [9.17, 15) is 0 Å². The van der Waals surface area contributed by atoms with Crippen LogP contribution >= 0.6 is 24.0 Å². The first-order valence-corrected chi connectivity index (χ1v) is 10.1. The molecule has 1 aliphatic carbocycles. The molecule has 1 atom stereocenters. The summed E-state index contributed by atoms with van der Waals surface area (Å²) in [6.07, 6.45) is 16.9. The van der Waals surface area contributed by atoms with Gasteiger partial charge >= 0.3 is 0 Å². The third kappa shape index (κ3) is 7.07. The Hall–Kier alpha value is -1.64. The zero-order valence-electron chi connectivity index (χ0n) is 17.0. The van der Waals surface area contributed by atoms with E-state index in [4.69, 9.17) is 0 Å². The lowest BCUT2D eigenvalue weighted by Crippen LogP contribution is -2.42. The van der Waals surface area contributed by atoms with Crippen LogP contribution in [0, 0.1) is 5.92 Å². The Morgan fingerprint density at radius 3 is 2.75 bits per heavy atom. The first kappa shape index (κ1) is 22.6. The van der Waals surface area contributed by atoms with Gasteiger partial charge in [0, 0.05) is 38.2 Å². The Morgan fingerprint density at radius 1 is 1.29 bits per heavy atom. The lowest BCUT2D eigenvalue weighted by Gasteiger charge is -2.24. The van der Waals surface area contributed by atoms with Crippen LogP contribution in [0.5, 0.6) is 0 Å². The molecular formula is C21H33IN6. The predicted molar refractivity (Wildman–Crippen MR) is 125 cm³/mol. The molecule has 0 amide bonds. The van der Waals surface area contributed by atoms with E-state index < -0.39 is 0 Å². The van der Waals surface area contributed by atoms with Gasteiger partial charge in [-0.2, -0.15) is 0 Å². The molecule has 6 nitrogen and oxygen atoms in total. The normalized spacial score (nSPS) is 16.3. The van der Waals surface area contributed by atoms with Gasteiger partial charge in [0.05, 0.1) is 0 Å². The minimum atomic E-state index is 0. The average Bonchev–Trinajstić information content (AvgIpc) is 3.25. The highest BCUT2D eigenvalue weighted by atomic mass is 127. The number of hydrogen-bond acceptors (Lipinski definition) is 3. The van der Waals surface area contributed by atoms with Gasteiger partial charge in [0.1, 0.15) is 12.1 Å². The number of aromatic nitrogens is 3. The molecule has 1 saturated carbocycles. The molecule has 0 spiro atoms. The summed E-state index contributed by atoms with van der Waals surface area (Å²) in [6.45, 7) is 2.95. The van der Waals surface area contributed by atoms with E-state index in [0.29, 0.717) is 12.6 Å². The standard InChI is InChI=1S/C21H32N6.HI/c1-17(8-9-18-6-4-3-5-7-18)26-21(22-2)25-15-19-10-11-20(24-14-19)27-13-12-23-16-27;/h10-14,16-18H,3-9,15H2,1-2H3,(H2,22,25,26);1H. The third-order valence-corrected chi connectivity index (χ3v) is 5.38. The molecular weight excluding hydrogens is 463 g/mol. The molecule has 28 heavy (non-hydrogen) atoms. The SMILES string of the molecule is CN=C(NCc1ccc(-n2ccnc2)nc1)NC(C)CCC1CCCCC1.I. The van der Waals surface area contributed by atoms with Gasteiger partial charge in [0.25, 0.3) is 0 Å². The van der Waals surface area contributed by atoms with E-state index in [1.807, 2.05) is 30.1 Å². The highest BCUT2D eigenvalue weighted by molar-refractivity contribution is 14.0. The maximum Gasteiger partial charge on any atom is 0.191 e. The number of guanidine groups is 1. The zero-order valence-corrected chi connectivity index (χ0v) is 19.3. The van der Waals surface area contributed by atoms with Crippen LogP contribution < -0.4 is 10.6 Å². The van der Waals surface area contributed by atoms with Crippen molar-refractivity contribution in [2.75, 3.05) is 7.05 Å². The second-order valence-electron chi connectivity index (χ2n) is 7.55. The van der Waals surface area contributed by atoms with Gasteiger partial charge in [-0.25, -0.2) is 9.97 Å². The highest BCUT2D eigenvalue weighted by Gasteiger charge is 2.15. The second-order valence-corrected chi connectivity index (χ2v) is 7.55. The fourth-order valence-electron chi connectivity index (χ4n) is 3.72. The number of aliphatic imine (C=N–C) groups is 1. The summed E-state index contributed by atoms with van der Waals surface area (Å²) in [4.78, 5) is 12.9. The Bertz CT molecular complexity index is 692. The summed E-state index contributed by atoms with van der Waals surface area (Å²) in [5, 5.41) is 6.90. The second kappa shape index (κ2) is 12.0. The van der Waals surface area contributed by atoms with Crippen molar-refractivity contribution in [1.82, 2.24) is 25.2 Å². The Morgan fingerprint density at radius 2 is 2.11 bits per heavy atom. The summed E-state index contributed by atoms with van der Waals surface area (Å²) in [6, 6.07) is 4.51. The van der Waals surface area contributed by atoms with Gasteiger partial charge in [-0.1, -0.05) is 38.2 Å². The van der Waals surface area contributed by atoms with Crippen molar-refractivity contribution >= 4 is 29.9 Å². The van der Waals surface area contributed by atoms with Crippen LogP contribution in [0.3, 0.4) is 0 Å². The van der Waals surface area contributed by atoms with Crippen LogP contribution in [0.15, 0.2) is 42.0 Å². The number of rotatable bonds is 7. The lowest BCUT2D eigenvalue weighted by atomic mass is 9.85. The number of imidazole rings is 1. The molecule has 2 aromatic rings. The van der Waals surface area contributed by atoms with E-state index in [1.165, 1.54) is 44.9 Å². The first-order valence-electron chi connectivity index (χ1n) is 10.1. The summed E-state index contributed by atoms with van der Waals surface area (Å²) in [7, 11) is 1.82. The largest absolute Gasteiger partial charge is 0.354 e. The smallest absolute Gasteiger partial charge is 0.191 e. The van der Waals surface area contributed by atoms with E-state index in [1.54, 1.807) is 12.5 Å². The molecule has 1 unspecified atom stereocenters. The van der Waals surface area contributed by atoms with Crippen molar-refractivity contribution < 1.29 is 0 Å². The first-order chi connectivity index (χ1) is 13.2. The molecule has 7 heteroatoms. The monoisotopic (exact) mass is 496 g/mol. The molecule has 0 saturated heterocycles. The van der Waals surface area contributed by atoms with Crippen molar-refractivity contribution in [3.8, 4) is 5.82 Å². The van der Waals surface area contributed by atoms with Crippen LogP contribution in [-0.2, 0) is 6.54 Å². The van der Waals surface area contributed by atoms with Crippen LogP contribution in [0.25, 0.3) is 5.82 Å². The highest BCUT2D eigenvalue weighted by Crippen LogP contribution is 2.27. The Balaban J connectivity index is 0.00000280. The van der Waals surface area contributed by atoms with Crippen molar-refractivity contribution in [1.29, 1.82) is 0 Å². The molecule has 0 bridgehead atoms. The number of pyridine rings is 1. The predicted octanol–water partition coefficient (Wildman–Crippen LogP) is 4.30. The summed E-state index contributed by atoms with van der Waals surface area (Å²) < 4.78 is 1.89. The molecule has 2 heterocycles. The van der Waals surface area contributed by atoms with Crippen LogP contribution in [-0.4, -0.2) is 33.6 Å². The number of hydrogen-bond donors (Lipinski definition) is 2. The molecule has 1 aliphatic rings. The summed E-state index contributed by atoms with van der Waals surface area (Å²) in [5.74, 6) is 2.65. The minimum Gasteiger partial charge on any atom is -0.354 e. The van der Waals surface area contributed by atoms with Gasteiger partial charge in [-0.3, -0.25) is 9.56 Å².